The molecule has 0 aliphatic rings. The summed E-state index contributed by atoms with van der Waals surface area (Å²) in [5.41, 5.74) is 0.919. The van der Waals surface area contributed by atoms with Crippen LogP contribution in [0.2, 0.25) is 0 Å². The van der Waals surface area contributed by atoms with Crippen molar-refractivity contribution in [2.24, 2.45) is 0 Å². The summed E-state index contributed by atoms with van der Waals surface area (Å²) in [6, 6.07) is 13.3. The Morgan fingerprint density at radius 3 is 2.52 bits per heavy atom. The number of methoxy groups -OCH3 is 2. The Bertz CT molecular complexity index is 1080. The third kappa shape index (κ3) is 3.60. The van der Waals surface area contributed by atoms with Gasteiger partial charge in [0.1, 0.15) is 17.4 Å². The number of fused-ring (bicyclic) bond motifs is 1. The Morgan fingerprint density at radius 2 is 1.78 bits per heavy atom. The summed E-state index contributed by atoms with van der Waals surface area (Å²) >= 11 is 4.85. The maximum atomic E-state index is 5.78. The first-order valence-electron chi connectivity index (χ1n) is 8.00. The first kappa shape index (κ1) is 17.7. The maximum Gasteiger partial charge on any atom is 0.235 e. The Labute approximate surface area is 167 Å². The van der Waals surface area contributed by atoms with Gasteiger partial charge in [0.2, 0.25) is 4.96 Å². The number of benzene rings is 2. The highest BCUT2D eigenvalue weighted by atomic mass is 79.9. The van der Waals surface area contributed by atoms with Gasteiger partial charge in [-0.1, -0.05) is 27.3 Å². The van der Waals surface area contributed by atoms with Gasteiger partial charge in [0, 0.05) is 10.0 Å². The predicted octanol–water partition coefficient (Wildman–Crippen LogP) is 4.21. The zero-order valence-corrected chi connectivity index (χ0v) is 17.0. The van der Waals surface area contributed by atoms with E-state index in [1.807, 2.05) is 42.5 Å². The van der Waals surface area contributed by atoms with Gasteiger partial charge in [0.05, 0.1) is 14.2 Å². The van der Waals surface area contributed by atoms with Gasteiger partial charge >= 0.3 is 0 Å². The highest BCUT2D eigenvalue weighted by molar-refractivity contribution is 9.10. The third-order valence-electron chi connectivity index (χ3n) is 3.87. The topological polar surface area (TPSA) is 70.8 Å². The summed E-state index contributed by atoms with van der Waals surface area (Å²) in [5.74, 6) is 2.72. The van der Waals surface area contributed by atoms with E-state index in [1.54, 1.807) is 18.7 Å². The number of hydrogen-bond donors (Lipinski definition) is 0. The van der Waals surface area contributed by atoms with E-state index in [-0.39, 0.29) is 6.61 Å². The van der Waals surface area contributed by atoms with Crippen LogP contribution >= 0.6 is 27.3 Å². The van der Waals surface area contributed by atoms with E-state index in [2.05, 4.69) is 31.2 Å². The predicted molar refractivity (Wildman–Crippen MR) is 106 cm³/mol. The van der Waals surface area contributed by atoms with Gasteiger partial charge in [-0.15, -0.1) is 10.2 Å². The van der Waals surface area contributed by atoms with Crippen molar-refractivity contribution in [1.29, 1.82) is 0 Å². The fourth-order valence-corrected chi connectivity index (χ4v) is 3.63. The van der Waals surface area contributed by atoms with Gasteiger partial charge in [-0.05, 0) is 42.5 Å². The van der Waals surface area contributed by atoms with Crippen LogP contribution in [0.25, 0.3) is 15.5 Å². The molecule has 2 aromatic heterocycles. The van der Waals surface area contributed by atoms with Crippen molar-refractivity contribution in [1.82, 2.24) is 19.8 Å². The Kier molecular flexibility index (Phi) is 4.95. The second-order valence-electron chi connectivity index (χ2n) is 5.53. The molecule has 0 atom stereocenters. The number of halogens is 1. The largest absolute Gasteiger partial charge is 0.493 e. The molecule has 0 aliphatic carbocycles. The van der Waals surface area contributed by atoms with E-state index < -0.39 is 0 Å². The fraction of sp³-hybridized carbons (Fsp3) is 0.167. The second-order valence-corrected chi connectivity index (χ2v) is 7.40. The van der Waals surface area contributed by atoms with Crippen LogP contribution in [0.1, 0.15) is 5.82 Å². The molecule has 0 bridgehead atoms. The van der Waals surface area contributed by atoms with E-state index in [4.69, 9.17) is 14.2 Å². The average molecular weight is 447 g/mol. The zero-order valence-electron chi connectivity index (χ0n) is 14.5. The molecular formula is C18H15BrN4O3S. The minimum absolute atomic E-state index is 0.276. The van der Waals surface area contributed by atoms with Crippen molar-refractivity contribution < 1.29 is 14.2 Å². The van der Waals surface area contributed by atoms with Crippen LogP contribution in [-0.4, -0.2) is 34.0 Å². The molecule has 0 aliphatic heterocycles. The number of hydrogen-bond acceptors (Lipinski definition) is 7. The standard InChI is InChI=1S/C18H15BrN4O3S/c1-24-14-8-3-11(9-15(14)25-2)17-22-23-16(20-21-18(23)27-17)10-26-13-6-4-12(19)5-7-13/h3-9H,10H2,1-2H3. The molecule has 0 N–H and O–H groups in total. The van der Waals surface area contributed by atoms with E-state index >= 15 is 0 Å². The Balaban J connectivity index is 1.59. The van der Waals surface area contributed by atoms with Crippen LogP contribution in [0.4, 0.5) is 0 Å². The molecule has 0 saturated carbocycles. The zero-order chi connectivity index (χ0) is 18.8. The molecule has 138 valence electrons. The number of rotatable bonds is 6. The van der Waals surface area contributed by atoms with Crippen LogP contribution in [-0.2, 0) is 6.61 Å². The molecule has 2 aromatic carbocycles. The van der Waals surface area contributed by atoms with Gasteiger partial charge in [-0.25, -0.2) is 0 Å². The first-order chi connectivity index (χ1) is 13.2. The summed E-state index contributed by atoms with van der Waals surface area (Å²) in [7, 11) is 3.22. The molecule has 0 unspecified atom stereocenters. The molecule has 0 fully saturated rings. The summed E-state index contributed by atoms with van der Waals surface area (Å²) in [4.78, 5) is 0.703. The molecule has 4 rings (SSSR count). The molecule has 27 heavy (non-hydrogen) atoms. The van der Waals surface area contributed by atoms with Gasteiger partial charge in [-0.3, -0.25) is 0 Å². The minimum Gasteiger partial charge on any atom is -0.493 e. The van der Waals surface area contributed by atoms with Crippen LogP contribution in [0.5, 0.6) is 17.2 Å². The second kappa shape index (κ2) is 7.53. The summed E-state index contributed by atoms with van der Waals surface area (Å²) < 4.78 is 19.1. The molecule has 0 amide bonds. The number of nitrogens with zero attached hydrogens (tertiary/aromatic N) is 4. The maximum absolute atomic E-state index is 5.78. The van der Waals surface area contributed by atoms with Gasteiger partial charge in [0.15, 0.2) is 17.3 Å². The Morgan fingerprint density at radius 1 is 1.00 bits per heavy atom. The van der Waals surface area contributed by atoms with Crippen molar-refractivity contribution in [3.63, 3.8) is 0 Å². The fourth-order valence-electron chi connectivity index (χ4n) is 2.51. The number of ether oxygens (including phenoxy) is 3. The van der Waals surface area contributed by atoms with E-state index in [9.17, 15) is 0 Å². The molecule has 7 nitrogen and oxygen atoms in total. The summed E-state index contributed by atoms with van der Waals surface area (Å²) in [5, 5.41) is 13.8. The molecular weight excluding hydrogens is 432 g/mol. The van der Waals surface area contributed by atoms with Crippen LogP contribution in [0, 0.1) is 0 Å². The Hall–Kier alpha value is -2.65. The normalized spacial score (nSPS) is 10.9. The highest BCUT2D eigenvalue weighted by Crippen LogP contribution is 2.34. The lowest BCUT2D eigenvalue weighted by Gasteiger charge is -2.07. The average Bonchev–Trinajstić information content (AvgIpc) is 3.28. The minimum atomic E-state index is 0.276. The molecule has 2 heterocycles. The summed E-state index contributed by atoms with van der Waals surface area (Å²) in [6.45, 7) is 0.276. The van der Waals surface area contributed by atoms with Crippen molar-refractivity contribution in [3.8, 4) is 27.8 Å². The van der Waals surface area contributed by atoms with Crippen LogP contribution in [0.15, 0.2) is 46.9 Å². The molecule has 0 spiro atoms. The lowest BCUT2D eigenvalue weighted by molar-refractivity contribution is 0.293. The van der Waals surface area contributed by atoms with Gasteiger partial charge in [-0.2, -0.15) is 9.61 Å². The summed E-state index contributed by atoms with van der Waals surface area (Å²) in [6.07, 6.45) is 0. The molecule has 0 saturated heterocycles. The smallest absolute Gasteiger partial charge is 0.235 e. The monoisotopic (exact) mass is 446 g/mol. The van der Waals surface area contributed by atoms with Crippen molar-refractivity contribution >= 4 is 32.2 Å². The van der Waals surface area contributed by atoms with Gasteiger partial charge < -0.3 is 14.2 Å². The number of aromatic nitrogens is 4. The SMILES string of the molecule is COc1ccc(-c2nn3c(COc4ccc(Br)cc4)nnc3s2)cc1OC. The first-order valence-corrected chi connectivity index (χ1v) is 9.61. The highest BCUT2D eigenvalue weighted by Gasteiger charge is 2.15. The van der Waals surface area contributed by atoms with Gasteiger partial charge in [0.25, 0.3) is 0 Å². The lowest BCUT2D eigenvalue weighted by Crippen LogP contribution is -2.02. The van der Waals surface area contributed by atoms with Crippen molar-refractivity contribution in [2.75, 3.05) is 14.2 Å². The molecule has 0 radical (unpaired) electrons. The molecule has 4 aromatic rings. The van der Waals surface area contributed by atoms with Crippen LogP contribution < -0.4 is 14.2 Å². The molecule has 9 heteroatoms. The lowest BCUT2D eigenvalue weighted by atomic mass is 10.2. The quantitative estimate of drug-likeness (QED) is 0.441. The third-order valence-corrected chi connectivity index (χ3v) is 5.34. The van der Waals surface area contributed by atoms with E-state index in [1.165, 1.54) is 11.3 Å². The van der Waals surface area contributed by atoms with Crippen molar-refractivity contribution in [2.45, 2.75) is 6.61 Å². The van der Waals surface area contributed by atoms with Crippen molar-refractivity contribution in [3.05, 3.63) is 52.8 Å². The van der Waals surface area contributed by atoms with E-state index in [0.717, 1.165) is 20.8 Å². The van der Waals surface area contributed by atoms with Crippen LogP contribution in [0.3, 0.4) is 0 Å². The van der Waals surface area contributed by atoms with E-state index in [0.29, 0.717) is 22.3 Å².